The number of nitriles is 1. The first-order valence-corrected chi connectivity index (χ1v) is 13.7. The maximum absolute atomic E-state index is 13.5. The smallest absolute Gasteiger partial charge is 0.416 e. The van der Waals surface area contributed by atoms with Gasteiger partial charge in [-0.05, 0) is 61.9 Å². The highest BCUT2D eigenvalue weighted by atomic mass is 35.5. The molecule has 2 amide bonds. The van der Waals surface area contributed by atoms with Crippen LogP contribution in [0.5, 0.6) is 0 Å². The molecular formula is C28H21Cl2F3N4O3S. The lowest BCUT2D eigenvalue weighted by Gasteiger charge is -2.28. The second-order valence-electron chi connectivity index (χ2n) is 8.86. The summed E-state index contributed by atoms with van der Waals surface area (Å²) in [6.45, 7) is 3.34. The Bertz CT molecular complexity index is 1610. The van der Waals surface area contributed by atoms with E-state index in [4.69, 9.17) is 27.6 Å². The molecule has 7 nitrogen and oxygen atoms in total. The number of thioether (sulfide) groups is 1. The van der Waals surface area contributed by atoms with Crippen molar-refractivity contribution in [3.8, 4) is 6.07 Å². The van der Waals surface area contributed by atoms with Crippen LogP contribution in [0.1, 0.15) is 29.7 Å². The Hall–Kier alpha value is -3.85. The molecule has 0 aliphatic carbocycles. The first-order chi connectivity index (χ1) is 19.4. The highest BCUT2D eigenvalue weighted by Gasteiger charge is 2.37. The highest BCUT2D eigenvalue weighted by molar-refractivity contribution is 8.03. The number of carbonyl (C=O) groups excluding carboxylic acids is 2. The quantitative estimate of drug-likeness (QED) is 0.251. The van der Waals surface area contributed by atoms with E-state index in [1.54, 1.807) is 44.2 Å². The van der Waals surface area contributed by atoms with Crippen LogP contribution in [0.4, 0.5) is 24.5 Å². The van der Waals surface area contributed by atoms with E-state index >= 15 is 0 Å². The van der Waals surface area contributed by atoms with Crippen molar-refractivity contribution in [2.45, 2.75) is 25.9 Å². The number of alkyl halides is 3. The molecular weight excluding hydrogens is 600 g/mol. The molecule has 0 radical (unpaired) electrons. The number of nitrogens with zero attached hydrogens (tertiary/aromatic N) is 1. The van der Waals surface area contributed by atoms with Gasteiger partial charge in [-0.15, -0.1) is 0 Å². The van der Waals surface area contributed by atoms with Crippen LogP contribution in [0, 0.1) is 18.3 Å². The average molecular weight is 621 g/mol. The van der Waals surface area contributed by atoms with Gasteiger partial charge in [0, 0.05) is 16.4 Å². The Kier molecular flexibility index (Phi) is 9.07. The molecule has 41 heavy (non-hydrogen) atoms. The Morgan fingerprint density at radius 1 is 1.07 bits per heavy atom. The van der Waals surface area contributed by atoms with Gasteiger partial charge in [0.25, 0.3) is 5.91 Å². The number of rotatable bonds is 7. The van der Waals surface area contributed by atoms with Gasteiger partial charge in [-0.1, -0.05) is 41.0 Å². The number of furan rings is 1. The van der Waals surface area contributed by atoms with Crippen molar-refractivity contribution in [3.05, 3.63) is 104 Å². The first-order valence-electron chi connectivity index (χ1n) is 11.9. The molecule has 0 fully saturated rings. The number of anilines is 2. The Morgan fingerprint density at radius 2 is 1.83 bits per heavy atom. The molecule has 13 heteroatoms. The molecule has 0 spiro atoms. The minimum Gasteiger partial charge on any atom is -0.468 e. The van der Waals surface area contributed by atoms with E-state index in [0.29, 0.717) is 27.0 Å². The van der Waals surface area contributed by atoms with Crippen molar-refractivity contribution >= 4 is 58.2 Å². The fourth-order valence-corrected chi connectivity index (χ4v) is 5.35. The topological polar surface area (TPSA) is 107 Å². The fraction of sp³-hybridized carbons (Fsp3) is 0.179. The zero-order valence-corrected chi connectivity index (χ0v) is 23.8. The van der Waals surface area contributed by atoms with Crippen LogP contribution >= 0.6 is 35.0 Å². The number of allylic oxidation sites excluding steroid dienone is 2. The average Bonchev–Trinajstić information content (AvgIpc) is 3.45. The molecule has 3 aromatic rings. The van der Waals surface area contributed by atoms with Crippen molar-refractivity contribution in [2.24, 2.45) is 0 Å². The summed E-state index contributed by atoms with van der Waals surface area (Å²) in [5.41, 5.74) is 0.435. The molecule has 2 heterocycles. The summed E-state index contributed by atoms with van der Waals surface area (Å²) in [7, 11) is 0. The highest BCUT2D eigenvalue weighted by Crippen LogP contribution is 2.42. The lowest BCUT2D eigenvalue weighted by molar-refractivity contribution is -0.137. The van der Waals surface area contributed by atoms with E-state index in [2.05, 4.69) is 22.0 Å². The molecule has 2 aromatic carbocycles. The first kappa shape index (κ1) is 30.1. The van der Waals surface area contributed by atoms with Gasteiger partial charge in [0.05, 0.1) is 56.5 Å². The van der Waals surface area contributed by atoms with E-state index in [0.717, 1.165) is 30.0 Å². The predicted octanol–water partition coefficient (Wildman–Crippen LogP) is 7.62. The summed E-state index contributed by atoms with van der Waals surface area (Å²) in [6.07, 6.45) is -3.28. The number of nitrogens with one attached hydrogen (secondary N) is 3. The molecule has 0 saturated carbocycles. The summed E-state index contributed by atoms with van der Waals surface area (Å²) >= 11 is 13.3. The number of amides is 2. The van der Waals surface area contributed by atoms with E-state index in [9.17, 15) is 28.0 Å². The summed E-state index contributed by atoms with van der Waals surface area (Å²) in [5, 5.41) is 19.1. The molecule has 3 N–H and O–H groups in total. The van der Waals surface area contributed by atoms with Crippen LogP contribution < -0.4 is 16.0 Å². The molecule has 1 atom stereocenters. The minimum absolute atomic E-state index is 0.0355. The second-order valence-corrected chi connectivity index (χ2v) is 10.7. The molecule has 1 aliphatic heterocycles. The third-order valence-corrected chi connectivity index (χ3v) is 7.91. The summed E-state index contributed by atoms with van der Waals surface area (Å²) in [6, 6.07) is 12.9. The van der Waals surface area contributed by atoms with Crippen molar-refractivity contribution in [1.82, 2.24) is 5.32 Å². The van der Waals surface area contributed by atoms with Crippen molar-refractivity contribution in [2.75, 3.05) is 16.4 Å². The lowest BCUT2D eigenvalue weighted by Crippen LogP contribution is -2.31. The number of hydrogen-bond donors (Lipinski definition) is 3. The van der Waals surface area contributed by atoms with E-state index in [-0.39, 0.29) is 39.3 Å². The van der Waals surface area contributed by atoms with Crippen LogP contribution in [0.25, 0.3) is 0 Å². The fourth-order valence-electron chi connectivity index (χ4n) is 4.12. The Labute approximate surface area is 247 Å². The number of benzene rings is 2. The van der Waals surface area contributed by atoms with Gasteiger partial charge >= 0.3 is 6.18 Å². The van der Waals surface area contributed by atoms with Gasteiger partial charge in [-0.3, -0.25) is 9.59 Å². The van der Waals surface area contributed by atoms with Gasteiger partial charge in [0.15, 0.2) is 0 Å². The van der Waals surface area contributed by atoms with Gasteiger partial charge in [-0.2, -0.15) is 18.4 Å². The van der Waals surface area contributed by atoms with E-state index < -0.39 is 23.6 Å². The van der Waals surface area contributed by atoms with Crippen LogP contribution in [-0.4, -0.2) is 17.6 Å². The van der Waals surface area contributed by atoms with Gasteiger partial charge in [0.1, 0.15) is 5.76 Å². The number of carbonyl (C=O) groups is 2. The maximum atomic E-state index is 13.5. The second kappa shape index (κ2) is 12.3. The maximum Gasteiger partial charge on any atom is 0.416 e. The normalized spacial score (nSPS) is 15.3. The van der Waals surface area contributed by atoms with Crippen molar-refractivity contribution < 1.29 is 27.2 Å². The molecule has 4 rings (SSSR count). The van der Waals surface area contributed by atoms with E-state index in [1.807, 2.05) is 0 Å². The van der Waals surface area contributed by atoms with Crippen molar-refractivity contribution in [1.29, 1.82) is 5.26 Å². The zero-order chi connectivity index (χ0) is 29.9. The molecule has 0 unspecified atom stereocenters. The molecule has 212 valence electrons. The Balaban J connectivity index is 1.61. The number of dihydropyridines is 1. The molecule has 0 saturated heterocycles. The zero-order valence-electron chi connectivity index (χ0n) is 21.5. The van der Waals surface area contributed by atoms with Crippen LogP contribution in [0.3, 0.4) is 0 Å². The van der Waals surface area contributed by atoms with Crippen molar-refractivity contribution in [3.63, 3.8) is 0 Å². The van der Waals surface area contributed by atoms with Gasteiger partial charge in [-0.25, -0.2) is 0 Å². The Morgan fingerprint density at radius 3 is 2.49 bits per heavy atom. The van der Waals surface area contributed by atoms with Crippen LogP contribution in [0.15, 0.2) is 81.1 Å². The number of halogens is 5. The summed E-state index contributed by atoms with van der Waals surface area (Å²) in [5.74, 6) is -1.99. The molecule has 1 aromatic heterocycles. The van der Waals surface area contributed by atoms with Gasteiger partial charge in [0.2, 0.25) is 5.91 Å². The minimum atomic E-state index is -4.65. The lowest BCUT2D eigenvalue weighted by atomic mass is 9.85. The molecule has 1 aliphatic rings. The molecule has 0 bridgehead atoms. The van der Waals surface area contributed by atoms with Gasteiger partial charge < -0.3 is 20.4 Å². The summed E-state index contributed by atoms with van der Waals surface area (Å²) < 4.78 is 45.3. The summed E-state index contributed by atoms with van der Waals surface area (Å²) in [4.78, 5) is 26.2. The SMILES string of the molecule is CC1=C(C(=O)Nc2cc(C(F)(F)F)ccc2Cl)[C@@H](c2ccco2)C(C#N)=C(SCC(=O)Nc2cccc(Cl)c2C)N1. The van der Waals surface area contributed by atoms with Crippen LogP contribution in [-0.2, 0) is 15.8 Å². The largest absolute Gasteiger partial charge is 0.468 e. The number of hydrogen-bond acceptors (Lipinski definition) is 6. The standard InChI is InChI=1S/C28H21Cl2F3N4O3S/c1-14-18(29)5-3-6-20(14)36-23(38)13-41-27-17(12-34)25(22-7-4-10-40-22)24(15(2)35-27)26(39)37-21-11-16(28(31,32)33)8-9-19(21)30/h3-11,25,35H,13H2,1-2H3,(H,36,38)(H,37,39)/t25-/m1/s1. The third kappa shape index (κ3) is 6.73. The third-order valence-electron chi connectivity index (χ3n) is 6.15. The monoisotopic (exact) mass is 620 g/mol. The van der Waals surface area contributed by atoms with E-state index in [1.165, 1.54) is 6.26 Å². The predicted molar refractivity (Wildman–Crippen MR) is 152 cm³/mol. The van der Waals surface area contributed by atoms with Crippen LogP contribution in [0.2, 0.25) is 10.0 Å².